The van der Waals surface area contributed by atoms with E-state index in [-0.39, 0.29) is 31.0 Å². The van der Waals surface area contributed by atoms with Gasteiger partial charge in [0.15, 0.2) is 0 Å². The molecule has 0 aliphatic rings. The number of hydrogen-bond donors (Lipinski definition) is 0. The molecule has 0 aliphatic carbocycles. The molecule has 1 heteroatoms. The fraction of sp³-hybridized carbons (Fsp3) is 0. The molecular formula is C12H11Na. The second-order valence-corrected chi connectivity index (χ2v) is 2.73. The summed E-state index contributed by atoms with van der Waals surface area (Å²) in [6.45, 7) is 0. The molecule has 0 unspecified atom stereocenters. The van der Waals surface area contributed by atoms with E-state index in [2.05, 4.69) is 48.5 Å². The SMILES string of the molecule is [H-].[Na+].c1ccc(-c2ccccc2)cc1. The first kappa shape index (κ1) is 10.5. The zero-order chi connectivity index (χ0) is 8.23. The van der Waals surface area contributed by atoms with Crippen molar-refractivity contribution in [1.29, 1.82) is 0 Å². The van der Waals surface area contributed by atoms with Crippen molar-refractivity contribution in [2.75, 3.05) is 0 Å². The van der Waals surface area contributed by atoms with Crippen LogP contribution in [0.2, 0.25) is 0 Å². The van der Waals surface area contributed by atoms with Crippen molar-refractivity contribution in [3.05, 3.63) is 60.7 Å². The quantitative estimate of drug-likeness (QED) is 0.557. The molecule has 0 aromatic heterocycles. The third-order valence-corrected chi connectivity index (χ3v) is 1.88. The summed E-state index contributed by atoms with van der Waals surface area (Å²) in [7, 11) is 0. The molecule has 0 N–H and O–H groups in total. The van der Waals surface area contributed by atoms with E-state index in [1.807, 2.05) is 12.1 Å². The molecule has 0 saturated carbocycles. The van der Waals surface area contributed by atoms with E-state index >= 15 is 0 Å². The third-order valence-electron chi connectivity index (χ3n) is 1.88. The zero-order valence-electron chi connectivity index (χ0n) is 8.77. The largest absolute Gasteiger partial charge is 1.00 e. The molecule has 0 aliphatic heterocycles. The summed E-state index contributed by atoms with van der Waals surface area (Å²) < 4.78 is 0. The van der Waals surface area contributed by atoms with Crippen LogP contribution < -0.4 is 29.6 Å². The van der Waals surface area contributed by atoms with E-state index in [9.17, 15) is 0 Å². The summed E-state index contributed by atoms with van der Waals surface area (Å²) >= 11 is 0. The molecule has 2 rings (SSSR count). The Morgan fingerprint density at radius 3 is 1.15 bits per heavy atom. The summed E-state index contributed by atoms with van der Waals surface area (Å²) in [6, 6.07) is 20.8. The van der Waals surface area contributed by atoms with Gasteiger partial charge in [-0.3, -0.25) is 0 Å². The van der Waals surface area contributed by atoms with Gasteiger partial charge in [0, 0.05) is 0 Å². The van der Waals surface area contributed by atoms with Gasteiger partial charge in [0.25, 0.3) is 0 Å². The van der Waals surface area contributed by atoms with Gasteiger partial charge in [-0.05, 0) is 11.1 Å². The normalized spacial score (nSPS) is 8.92. The van der Waals surface area contributed by atoms with Crippen molar-refractivity contribution in [1.82, 2.24) is 0 Å². The van der Waals surface area contributed by atoms with E-state index in [0.29, 0.717) is 0 Å². The topological polar surface area (TPSA) is 0 Å². The van der Waals surface area contributed by atoms with E-state index in [4.69, 9.17) is 0 Å². The average Bonchev–Trinajstić information content (AvgIpc) is 2.21. The first-order valence-electron chi connectivity index (χ1n) is 4.07. The van der Waals surface area contributed by atoms with Crippen LogP contribution in [0.25, 0.3) is 11.1 Å². The number of hydrogen-bond acceptors (Lipinski definition) is 0. The molecule has 0 bridgehead atoms. The molecule has 13 heavy (non-hydrogen) atoms. The Labute approximate surface area is 102 Å². The summed E-state index contributed by atoms with van der Waals surface area (Å²) in [5, 5.41) is 0. The predicted octanol–water partition coefficient (Wildman–Crippen LogP) is 0.470. The summed E-state index contributed by atoms with van der Waals surface area (Å²) in [5.41, 5.74) is 2.55. The van der Waals surface area contributed by atoms with Gasteiger partial charge in [-0.15, -0.1) is 0 Å². The van der Waals surface area contributed by atoms with Gasteiger partial charge >= 0.3 is 29.6 Å². The first-order chi connectivity index (χ1) is 5.97. The van der Waals surface area contributed by atoms with Crippen LogP contribution in [-0.4, -0.2) is 0 Å². The predicted molar refractivity (Wildman–Crippen MR) is 53.0 cm³/mol. The zero-order valence-corrected chi connectivity index (χ0v) is 9.77. The minimum absolute atomic E-state index is 0. The fourth-order valence-electron chi connectivity index (χ4n) is 1.26. The van der Waals surface area contributed by atoms with E-state index in [1.54, 1.807) is 0 Å². The van der Waals surface area contributed by atoms with Gasteiger partial charge in [0.1, 0.15) is 0 Å². The molecule has 0 nitrogen and oxygen atoms in total. The minimum atomic E-state index is 0. The van der Waals surface area contributed by atoms with Crippen LogP contribution in [0.3, 0.4) is 0 Å². The van der Waals surface area contributed by atoms with Gasteiger partial charge in [-0.2, -0.15) is 0 Å². The summed E-state index contributed by atoms with van der Waals surface area (Å²) in [4.78, 5) is 0. The molecule has 0 heterocycles. The van der Waals surface area contributed by atoms with Crippen LogP contribution in [0.1, 0.15) is 1.43 Å². The van der Waals surface area contributed by atoms with Crippen molar-refractivity contribution < 1.29 is 31.0 Å². The Kier molecular flexibility index (Phi) is 4.23. The van der Waals surface area contributed by atoms with Gasteiger partial charge in [0.2, 0.25) is 0 Å². The molecule has 0 atom stereocenters. The molecule has 0 amide bonds. The van der Waals surface area contributed by atoms with Crippen LogP contribution >= 0.6 is 0 Å². The maximum absolute atomic E-state index is 2.12. The third kappa shape index (κ3) is 2.70. The summed E-state index contributed by atoms with van der Waals surface area (Å²) in [6.07, 6.45) is 0. The van der Waals surface area contributed by atoms with Crippen molar-refractivity contribution >= 4 is 0 Å². The van der Waals surface area contributed by atoms with Crippen molar-refractivity contribution in [2.24, 2.45) is 0 Å². The van der Waals surface area contributed by atoms with Crippen LogP contribution in [0, 0.1) is 0 Å². The average molecular weight is 178 g/mol. The van der Waals surface area contributed by atoms with E-state index in [0.717, 1.165) is 0 Å². The molecule has 0 saturated heterocycles. The van der Waals surface area contributed by atoms with Crippen LogP contribution in [0.4, 0.5) is 0 Å². The van der Waals surface area contributed by atoms with Crippen LogP contribution in [0.5, 0.6) is 0 Å². The van der Waals surface area contributed by atoms with Gasteiger partial charge < -0.3 is 1.43 Å². The second kappa shape index (κ2) is 5.23. The fourth-order valence-corrected chi connectivity index (χ4v) is 1.26. The van der Waals surface area contributed by atoms with Crippen molar-refractivity contribution in [3.63, 3.8) is 0 Å². The van der Waals surface area contributed by atoms with Crippen molar-refractivity contribution in [3.8, 4) is 11.1 Å². The van der Waals surface area contributed by atoms with E-state index < -0.39 is 0 Å². The molecular weight excluding hydrogens is 167 g/mol. The molecule has 0 spiro atoms. The molecule has 2 aromatic carbocycles. The maximum atomic E-state index is 2.12. The van der Waals surface area contributed by atoms with Gasteiger partial charge in [0.05, 0.1) is 0 Å². The van der Waals surface area contributed by atoms with Crippen LogP contribution in [0.15, 0.2) is 60.7 Å². The Bertz CT molecular complexity index is 308. The Balaban J connectivity index is 0.000000845. The molecule has 60 valence electrons. The Hall–Kier alpha value is -0.560. The van der Waals surface area contributed by atoms with Crippen LogP contribution in [-0.2, 0) is 0 Å². The number of benzene rings is 2. The van der Waals surface area contributed by atoms with Gasteiger partial charge in [-0.25, -0.2) is 0 Å². The second-order valence-electron chi connectivity index (χ2n) is 2.73. The summed E-state index contributed by atoms with van der Waals surface area (Å²) in [5.74, 6) is 0. The van der Waals surface area contributed by atoms with Gasteiger partial charge in [-0.1, -0.05) is 60.7 Å². The first-order valence-corrected chi connectivity index (χ1v) is 4.07. The van der Waals surface area contributed by atoms with E-state index in [1.165, 1.54) is 11.1 Å². The monoisotopic (exact) mass is 178 g/mol. The standard InChI is InChI=1S/C12H10.Na.H/c1-3-7-11(8-4-1)12-9-5-2-6-10-12;;/h1-10H;;/q;+1;-1. The maximum Gasteiger partial charge on any atom is 1.00 e. The molecule has 2 aromatic rings. The smallest absolute Gasteiger partial charge is 1.00 e. The Morgan fingerprint density at radius 2 is 0.846 bits per heavy atom. The molecule has 0 radical (unpaired) electrons. The minimum Gasteiger partial charge on any atom is -1.00 e. The van der Waals surface area contributed by atoms with Crippen molar-refractivity contribution in [2.45, 2.75) is 0 Å². The molecule has 0 fully saturated rings. The number of rotatable bonds is 1. The Morgan fingerprint density at radius 1 is 0.538 bits per heavy atom.